The molecule has 1 heterocycles. The highest BCUT2D eigenvalue weighted by Crippen LogP contribution is 2.05. The third-order valence-corrected chi connectivity index (χ3v) is 1.39. The van der Waals surface area contributed by atoms with Crippen LogP contribution in [-0.4, -0.2) is 17.9 Å². The van der Waals surface area contributed by atoms with Gasteiger partial charge in [0.2, 0.25) is 0 Å². The first-order chi connectivity index (χ1) is 6.49. The molecule has 0 unspecified atom stereocenters. The Balaban J connectivity index is 3.44. The van der Waals surface area contributed by atoms with Crippen LogP contribution in [0.5, 0.6) is 0 Å². The van der Waals surface area contributed by atoms with Crippen LogP contribution in [-0.2, 0) is 0 Å². The molecule has 0 radical (unpaired) electrons. The fraction of sp³-hybridized carbons (Fsp3) is 0.143. The highest BCUT2D eigenvalue weighted by Gasteiger charge is 2.00. The molecule has 0 aliphatic rings. The maximum Gasteiger partial charge on any atom is 0.252 e. The van der Waals surface area contributed by atoms with E-state index in [1.165, 1.54) is 7.05 Å². The Morgan fingerprint density at radius 2 is 2.55 bits per heavy atom. The molecule has 0 fully saturated rings. The number of carbonyl (C=O) groups is 1. The molecule has 0 bridgehead atoms. The molecule has 1 aromatic rings. The van der Waals surface area contributed by atoms with E-state index in [0.717, 1.165) is 0 Å². The minimum atomic E-state index is -0.575. The van der Waals surface area contributed by atoms with Crippen molar-refractivity contribution in [3.8, 4) is 0 Å². The number of amides is 1. The van der Waals surface area contributed by atoms with E-state index in [-0.39, 0.29) is 28.4 Å². The zero-order valence-electron chi connectivity index (χ0n) is 8.73. The van der Waals surface area contributed by atoms with Crippen LogP contribution >= 0.6 is 15.9 Å². The molecule has 1 N–H and O–H groups in total. The van der Waals surface area contributed by atoms with Crippen LogP contribution in [0.1, 0.15) is 14.5 Å². The standard InChI is InChI=1S/C7H7BrN2O/c1-9-7(11)5-2-3-6(8)10-4-5/h2-4H,1H3,(H,9,11)/i2D,3D,4D. The monoisotopic (exact) mass is 217 g/mol. The minimum Gasteiger partial charge on any atom is -0.355 e. The average Bonchev–Trinajstić information content (AvgIpc) is 2.14. The van der Waals surface area contributed by atoms with Crippen LogP contribution in [0.15, 0.2) is 22.9 Å². The summed E-state index contributed by atoms with van der Waals surface area (Å²) in [5.74, 6) is -0.575. The van der Waals surface area contributed by atoms with Crippen LogP contribution < -0.4 is 5.32 Å². The quantitative estimate of drug-likeness (QED) is 0.719. The molecule has 11 heavy (non-hydrogen) atoms. The van der Waals surface area contributed by atoms with Gasteiger partial charge in [0, 0.05) is 13.2 Å². The van der Waals surface area contributed by atoms with Crippen molar-refractivity contribution in [3.63, 3.8) is 0 Å². The molecule has 0 atom stereocenters. The Morgan fingerprint density at radius 1 is 1.82 bits per heavy atom. The predicted octanol–water partition coefficient (Wildman–Crippen LogP) is 1.20. The second-order valence-electron chi connectivity index (χ2n) is 1.72. The minimum absolute atomic E-state index is 0.0974. The van der Waals surface area contributed by atoms with Crippen molar-refractivity contribution in [2.75, 3.05) is 7.05 Å². The summed E-state index contributed by atoms with van der Waals surface area (Å²) in [6, 6.07) is -0.490. The lowest BCUT2D eigenvalue weighted by molar-refractivity contribution is 0.0962. The van der Waals surface area contributed by atoms with Crippen molar-refractivity contribution in [3.05, 3.63) is 28.4 Å². The second kappa shape index (κ2) is 3.48. The topological polar surface area (TPSA) is 42.0 Å². The molecule has 0 saturated carbocycles. The molecule has 0 aromatic carbocycles. The zero-order valence-corrected chi connectivity index (χ0v) is 7.32. The Hall–Kier alpha value is -0.900. The molecule has 1 amide bonds. The molecule has 58 valence electrons. The predicted molar refractivity (Wildman–Crippen MR) is 45.3 cm³/mol. The molecule has 0 aliphatic carbocycles. The van der Waals surface area contributed by atoms with Gasteiger partial charge in [-0.1, -0.05) is 0 Å². The number of pyridine rings is 1. The second-order valence-corrected chi connectivity index (χ2v) is 2.47. The lowest BCUT2D eigenvalue weighted by atomic mass is 10.3. The Labute approximate surface area is 77.2 Å². The molecule has 4 heteroatoms. The smallest absolute Gasteiger partial charge is 0.252 e. The molecular formula is C7H7BrN2O. The highest BCUT2D eigenvalue weighted by molar-refractivity contribution is 9.10. The number of hydrogen-bond acceptors (Lipinski definition) is 2. The Kier molecular flexibility index (Phi) is 1.54. The van der Waals surface area contributed by atoms with Crippen molar-refractivity contribution in [2.24, 2.45) is 0 Å². The fourth-order valence-corrected chi connectivity index (χ4v) is 0.695. The van der Waals surface area contributed by atoms with Crippen LogP contribution in [0.4, 0.5) is 0 Å². The third-order valence-electron chi connectivity index (χ3n) is 1.01. The van der Waals surface area contributed by atoms with Gasteiger partial charge in [0.25, 0.3) is 5.91 Å². The summed E-state index contributed by atoms with van der Waals surface area (Å²) in [5, 5.41) is 2.29. The summed E-state index contributed by atoms with van der Waals surface area (Å²) in [7, 11) is 1.40. The summed E-state index contributed by atoms with van der Waals surface area (Å²) in [6.07, 6.45) is -0.308. The number of nitrogens with zero attached hydrogens (tertiary/aromatic N) is 1. The van der Waals surface area contributed by atoms with Crippen LogP contribution in [0.2, 0.25) is 0 Å². The Morgan fingerprint density at radius 3 is 3.18 bits per heavy atom. The van der Waals surface area contributed by atoms with E-state index in [2.05, 4.69) is 26.2 Å². The van der Waals surface area contributed by atoms with Gasteiger partial charge >= 0.3 is 0 Å². The van der Waals surface area contributed by atoms with Gasteiger partial charge in [0.05, 0.1) is 9.68 Å². The van der Waals surface area contributed by atoms with Crippen molar-refractivity contribution in [1.82, 2.24) is 10.3 Å². The van der Waals surface area contributed by atoms with E-state index in [9.17, 15) is 4.79 Å². The maximum absolute atomic E-state index is 11.2. The maximum atomic E-state index is 11.2. The first-order valence-corrected chi connectivity index (χ1v) is 3.63. The Bertz CT molecular complexity index is 397. The molecule has 0 spiro atoms. The van der Waals surface area contributed by atoms with Crippen LogP contribution in [0, 0.1) is 0 Å². The number of carbonyl (C=O) groups excluding carboxylic acids is 1. The first kappa shape index (κ1) is 4.87. The van der Waals surface area contributed by atoms with Crippen molar-refractivity contribution < 1.29 is 8.91 Å². The molecule has 0 saturated heterocycles. The lowest BCUT2D eigenvalue weighted by Gasteiger charge is -1.97. The van der Waals surface area contributed by atoms with E-state index >= 15 is 0 Å². The van der Waals surface area contributed by atoms with E-state index in [0.29, 0.717) is 0 Å². The van der Waals surface area contributed by atoms with Crippen molar-refractivity contribution >= 4 is 21.8 Å². The van der Waals surface area contributed by atoms with Gasteiger partial charge in [-0.25, -0.2) is 4.98 Å². The summed E-state index contributed by atoms with van der Waals surface area (Å²) in [4.78, 5) is 14.8. The first-order valence-electron chi connectivity index (χ1n) is 4.34. The molecule has 0 aliphatic heterocycles. The van der Waals surface area contributed by atoms with E-state index < -0.39 is 5.91 Å². The van der Waals surface area contributed by atoms with Crippen LogP contribution in [0.3, 0.4) is 0 Å². The summed E-state index contributed by atoms with van der Waals surface area (Å²) < 4.78 is 22.3. The van der Waals surface area contributed by atoms with Crippen molar-refractivity contribution in [1.29, 1.82) is 0 Å². The highest BCUT2D eigenvalue weighted by atomic mass is 79.9. The third kappa shape index (κ3) is 2.01. The van der Waals surface area contributed by atoms with Gasteiger partial charge in [-0.3, -0.25) is 4.79 Å². The van der Waals surface area contributed by atoms with E-state index in [1.54, 1.807) is 0 Å². The SMILES string of the molecule is [2H]c1nc(Br)c([2H])c([2H])c1C(=O)NC. The zero-order chi connectivity index (χ0) is 10.9. The number of nitrogens with one attached hydrogen (secondary N) is 1. The normalized spacial score (nSPS) is 13.1. The number of aromatic nitrogens is 1. The molecule has 3 nitrogen and oxygen atoms in total. The van der Waals surface area contributed by atoms with Gasteiger partial charge in [-0.15, -0.1) is 0 Å². The average molecular weight is 218 g/mol. The lowest BCUT2D eigenvalue weighted by Crippen LogP contribution is -2.17. The number of rotatable bonds is 1. The van der Waals surface area contributed by atoms with E-state index in [4.69, 9.17) is 4.11 Å². The molecule has 1 rings (SSSR count). The van der Waals surface area contributed by atoms with Gasteiger partial charge in [0.15, 0.2) is 0 Å². The van der Waals surface area contributed by atoms with E-state index in [1.807, 2.05) is 0 Å². The molecular weight excluding hydrogens is 208 g/mol. The van der Waals surface area contributed by atoms with Gasteiger partial charge < -0.3 is 5.32 Å². The van der Waals surface area contributed by atoms with Gasteiger partial charge in [0.1, 0.15) is 4.60 Å². The summed E-state index contributed by atoms with van der Waals surface area (Å²) in [6.45, 7) is 0. The van der Waals surface area contributed by atoms with Crippen molar-refractivity contribution in [2.45, 2.75) is 0 Å². The summed E-state index contributed by atoms with van der Waals surface area (Å²) in [5.41, 5.74) is -0.180. The number of halogens is 1. The van der Waals surface area contributed by atoms with Gasteiger partial charge in [-0.05, 0) is 28.0 Å². The fourth-order valence-electron chi connectivity index (χ4n) is 0.507. The molecule has 1 aromatic heterocycles. The summed E-state index contributed by atoms with van der Waals surface area (Å²) >= 11 is 2.93. The van der Waals surface area contributed by atoms with Crippen LogP contribution in [0.25, 0.3) is 0 Å². The number of hydrogen-bond donors (Lipinski definition) is 1. The van der Waals surface area contributed by atoms with Gasteiger partial charge in [-0.2, -0.15) is 0 Å². The largest absolute Gasteiger partial charge is 0.355 e.